The van der Waals surface area contributed by atoms with Crippen LogP contribution >= 0.6 is 23.2 Å². The molecule has 7 heteroatoms. The zero-order valence-corrected chi connectivity index (χ0v) is 11.9. The van der Waals surface area contributed by atoms with Crippen molar-refractivity contribution in [2.75, 3.05) is 33.4 Å². The molecule has 0 aliphatic carbocycles. The minimum Gasteiger partial charge on any atom is -0.494 e. The molecule has 0 fully saturated rings. The normalized spacial score (nSPS) is 10.4. The van der Waals surface area contributed by atoms with Crippen molar-refractivity contribution in [1.29, 1.82) is 0 Å². The molecule has 2 N–H and O–H groups in total. The monoisotopic (exact) mass is 307 g/mol. The second-order valence-corrected chi connectivity index (χ2v) is 4.49. The number of carbonyl (C=O) groups excluding carboxylic acids is 1. The lowest BCUT2D eigenvalue weighted by Gasteiger charge is -2.22. The quantitative estimate of drug-likeness (QED) is 0.834. The standard InChI is InChI=1S/C12H15Cl2NO4/c1-19-11-9(14)3-2-8(13)10(11)12(18)15(4-6-16)5-7-17/h2-3,16-17H,4-7H2,1H3. The number of benzene rings is 1. The van der Waals surface area contributed by atoms with Crippen molar-refractivity contribution in [1.82, 2.24) is 4.90 Å². The Hall–Kier alpha value is -1.01. The zero-order valence-electron chi connectivity index (χ0n) is 10.4. The van der Waals surface area contributed by atoms with Gasteiger partial charge < -0.3 is 19.8 Å². The largest absolute Gasteiger partial charge is 0.494 e. The highest BCUT2D eigenvalue weighted by atomic mass is 35.5. The van der Waals surface area contributed by atoms with Crippen LogP contribution in [0.25, 0.3) is 0 Å². The molecule has 0 radical (unpaired) electrons. The minimum atomic E-state index is -0.451. The molecule has 0 heterocycles. The van der Waals surface area contributed by atoms with Crippen LogP contribution in [0.3, 0.4) is 0 Å². The van der Waals surface area contributed by atoms with Gasteiger partial charge >= 0.3 is 0 Å². The van der Waals surface area contributed by atoms with Gasteiger partial charge in [0.1, 0.15) is 5.56 Å². The first-order valence-electron chi connectivity index (χ1n) is 5.59. The van der Waals surface area contributed by atoms with E-state index in [1.807, 2.05) is 0 Å². The number of methoxy groups -OCH3 is 1. The molecule has 19 heavy (non-hydrogen) atoms. The second-order valence-electron chi connectivity index (χ2n) is 3.68. The van der Waals surface area contributed by atoms with Crippen LogP contribution in [0.5, 0.6) is 5.75 Å². The van der Waals surface area contributed by atoms with Crippen LogP contribution in [-0.2, 0) is 0 Å². The van der Waals surface area contributed by atoms with Gasteiger partial charge in [-0.05, 0) is 12.1 Å². The van der Waals surface area contributed by atoms with Crippen molar-refractivity contribution in [3.8, 4) is 5.75 Å². The molecule has 0 bridgehead atoms. The number of halogens is 2. The number of aliphatic hydroxyl groups is 2. The van der Waals surface area contributed by atoms with Crippen LogP contribution in [0.15, 0.2) is 12.1 Å². The number of hydrogen-bond acceptors (Lipinski definition) is 4. The molecule has 0 aliphatic rings. The highest BCUT2D eigenvalue weighted by Crippen LogP contribution is 2.34. The average Bonchev–Trinajstić information content (AvgIpc) is 2.40. The van der Waals surface area contributed by atoms with Gasteiger partial charge in [-0.1, -0.05) is 23.2 Å². The molecule has 0 saturated heterocycles. The van der Waals surface area contributed by atoms with Crippen LogP contribution in [0.2, 0.25) is 10.0 Å². The van der Waals surface area contributed by atoms with Gasteiger partial charge in [0.05, 0.1) is 30.4 Å². The molecule has 1 aromatic carbocycles. The van der Waals surface area contributed by atoms with Crippen molar-refractivity contribution in [2.24, 2.45) is 0 Å². The summed E-state index contributed by atoms with van der Waals surface area (Å²) in [5.74, 6) is -0.271. The predicted octanol–water partition coefficient (Wildman–Crippen LogP) is 1.43. The minimum absolute atomic E-state index is 0.0887. The maximum absolute atomic E-state index is 12.4. The van der Waals surface area contributed by atoms with E-state index in [2.05, 4.69) is 0 Å². The van der Waals surface area contributed by atoms with E-state index in [1.165, 1.54) is 24.1 Å². The number of aliphatic hydroxyl groups excluding tert-OH is 2. The summed E-state index contributed by atoms with van der Waals surface area (Å²) in [6, 6.07) is 3.03. The molecule has 1 rings (SSSR count). The summed E-state index contributed by atoms with van der Waals surface area (Å²) in [5, 5.41) is 18.4. The van der Waals surface area contributed by atoms with Crippen molar-refractivity contribution in [3.05, 3.63) is 27.7 Å². The third-order valence-corrected chi connectivity index (χ3v) is 3.12. The molecule has 0 saturated carbocycles. The summed E-state index contributed by atoms with van der Waals surface area (Å²) in [4.78, 5) is 13.6. The van der Waals surface area contributed by atoms with Crippen LogP contribution in [0.1, 0.15) is 10.4 Å². The van der Waals surface area contributed by atoms with Crippen LogP contribution in [-0.4, -0.2) is 54.4 Å². The predicted molar refractivity (Wildman–Crippen MR) is 73.1 cm³/mol. The van der Waals surface area contributed by atoms with Gasteiger partial charge in [0.15, 0.2) is 5.75 Å². The molecule has 0 atom stereocenters. The van der Waals surface area contributed by atoms with E-state index < -0.39 is 5.91 Å². The maximum atomic E-state index is 12.4. The number of amides is 1. The topological polar surface area (TPSA) is 70.0 Å². The second kappa shape index (κ2) is 7.55. The number of hydrogen-bond donors (Lipinski definition) is 2. The molecule has 5 nitrogen and oxygen atoms in total. The van der Waals surface area contributed by atoms with E-state index in [0.717, 1.165) is 0 Å². The fraction of sp³-hybridized carbons (Fsp3) is 0.417. The Balaban J connectivity index is 3.19. The molecule has 0 spiro atoms. The fourth-order valence-corrected chi connectivity index (χ4v) is 2.11. The van der Waals surface area contributed by atoms with E-state index in [-0.39, 0.29) is 47.7 Å². The Labute approximate surface area is 121 Å². The lowest BCUT2D eigenvalue weighted by atomic mass is 10.1. The third kappa shape index (κ3) is 3.73. The third-order valence-electron chi connectivity index (χ3n) is 2.50. The molecular weight excluding hydrogens is 293 g/mol. The molecule has 0 unspecified atom stereocenters. The highest BCUT2D eigenvalue weighted by Gasteiger charge is 2.23. The zero-order chi connectivity index (χ0) is 14.4. The molecule has 106 valence electrons. The summed E-state index contributed by atoms with van der Waals surface area (Å²) in [5.41, 5.74) is 0.124. The van der Waals surface area contributed by atoms with E-state index in [4.69, 9.17) is 38.2 Å². The number of ether oxygens (including phenoxy) is 1. The van der Waals surface area contributed by atoms with Crippen molar-refractivity contribution in [2.45, 2.75) is 0 Å². The molecule has 0 aromatic heterocycles. The first-order chi connectivity index (χ1) is 9.06. The average molecular weight is 308 g/mol. The lowest BCUT2D eigenvalue weighted by Crippen LogP contribution is -2.36. The Kier molecular flexibility index (Phi) is 6.37. The maximum Gasteiger partial charge on any atom is 0.259 e. The molecule has 1 amide bonds. The fourth-order valence-electron chi connectivity index (χ4n) is 1.65. The summed E-state index contributed by atoms with van der Waals surface area (Å²) >= 11 is 12.0. The van der Waals surface area contributed by atoms with Crippen molar-refractivity contribution in [3.63, 3.8) is 0 Å². The SMILES string of the molecule is COc1c(Cl)ccc(Cl)c1C(=O)N(CCO)CCO. The summed E-state index contributed by atoms with van der Waals surface area (Å²) in [7, 11) is 1.39. The van der Waals surface area contributed by atoms with E-state index in [9.17, 15) is 4.79 Å². The van der Waals surface area contributed by atoms with Gasteiger partial charge in [-0.3, -0.25) is 4.79 Å². The Bertz CT molecular complexity index is 448. The Morgan fingerprint density at radius 1 is 1.21 bits per heavy atom. The van der Waals surface area contributed by atoms with Gasteiger partial charge in [-0.2, -0.15) is 0 Å². The van der Waals surface area contributed by atoms with E-state index in [0.29, 0.717) is 0 Å². The first-order valence-corrected chi connectivity index (χ1v) is 6.35. The van der Waals surface area contributed by atoms with Crippen LogP contribution in [0, 0.1) is 0 Å². The number of nitrogens with zero attached hydrogens (tertiary/aromatic N) is 1. The Morgan fingerprint density at radius 3 is 2.21 bits per heavy atom. The van der Waals surface area contributed by atoms with E-state index >= 15 is 0 Å². The summed E-state index contributed by atoms with van der Waals surface area (Å²) < 4.78 is 5.10. The first kappa shape index (κ1) is 16.0. The summed E-state index contributed by atoms with van der Waals surface area (Å²) in [6.07, 6.45) is 0. The molecule has 0 aliphatic heterocycles. The summed E-state index contributed by atoms with van der Waals surface area (Å²) in [6.45, 7) is -0.255. The van der Waals surface area contributed by atoms with Crippen molar-refractivity contribution < 1.29 is 19.7 Å². The van der Waals surface area contributed by atoms with Gasteiger partial charge in [0.2, 0.25) is 0 Å². The van der Waals surface area contributed by atoms with Crippen LogP contribution in [0.4, 0.5) is 0 Å². The number of carbonyl (C=O) groups is 1. The number of rotatable bonds is 6. The highest BCUT2D eigenvalue weighted by molar-refractivity contribution is 6.37. The lowest BCUT2D eigenvalue weighted by molar-refractivity contribution is 0.0681. The van der Waals surface area contributed by atoms with Gasteiger partial charge in [-0.25, -0.2) is 0 Å². The van der Waals surface area contributed by atoms with Gasteiger partial charge in [0, 0.05) is 13.1 Å². The van der Waals surface area contributed by atoms with Crippen molar-refractivity contribution >= 4 is 29.1 Å². The smallest absolute Gasteiger partial charge is 0.259 e. The van der Waals surface area contributed by atoms with Gasteiger partial charge in [-0.15, -0.1) is 0 Å². The van der Waals surface area contributed by atoms with Crippen LogP contribution < -0.4 is 4.74 Å². The Morgan fingerprint density at radius 2 is 1.74 bits per heavy atom. The van der Waals surface area contributed by atoms with Gasteiger partial charge in [0.25, 0.3) is 5.91 Å². The molecule has 1 aromatic rings. The van der Waals surface area contributed by atoms with E-state index in [1.54, 1.807) is 0 Å². The molecular formula is C12H15Cl2NO4.